The highest BCUT2D eigenvalue weighted by atomic mass is 16.5. The first-order chi connectivity index (χ1) is 9.08. The van der Waals surface area contributed by atoms with Crippen molar-refractivity contribution in [3.63, 3.8) is 0 Å². The molecule has 1 atom stereocenters. The van der Waals surface area contributed by atoms with Crippen LogP contribution in [0.25, 0.3) is 0 Å². The molecule has 0 heterocycles. The Balaban J connectivity index is 2.14. The fourth-order valence-electron chi connectivity index (χ4n) is 2.73. The first kappa shape index (κ1) is 14.3. The second kappa shape index (κ2) is 6.33. The van der Waals surface area contributed by atoms with Crippen molar-refractivity contribution in [2.75, 3.05) is 0 Å². The summed E-state index contributed by atoms with van der Waals surface area (Å²) in [6.07, 6.45) is 5.80. The lowest BCUT2D eigenvalue weighted by Gasteiger charge is -2.27. The van der Waals surface area contributed by atoms with Gasteiger partial charge in [-0.15, -0.1) is 0 Å². The van der Waals surface area contributed by atoms with Gasteiger partial charge in [0.15, 0.2) is 5.78 Å². The van der Waals surface area contributed by atoms with Crippen LogP contribution in [-0.2, 0) is 9.53 Å². The van der Waals surface area contributed by atoms with E-state index in [0.717, 1.165) is 18.4 Å². The Hall–Kier alpha value is -1.15. The molecule has 1 saturated carbocycles. The molecule has 0 saturated heterocycles. The van der Waals surface area contributed by atoms with Crippen molar-refractivity contribution in [2.45, 2.75) is 65.1 Å². The average molecular weight is 260 g/mol. The second-order valence-electron chi connectivity index (χ2n) is 5.73. The topological polar surface area (TPSA) is 26.3 Å². The molecule has 19 heavy (non-hydrogen) atoms. The smallest absolute Gasteiger partial charge is 0.163 e. The van der Waals surface area contributed by atoms with E-state index in [4.69, 9.17) is 4.74 Å². The molecule has 2 rings (SSSR count). The molecule has 1 aliphatic rings. The minimum Gasteiger partial charge on any atom is -0.362 e. The highest BCUT2D eigenvalue weighted by Crippen LogP contribution is 2.28. The van der Waals surface area contributed by atoms with Gasteiger partial charge in [-0.25, -0.2) is 0 Å². The second-order valence-corrected chi connectivity index (χ2v) is 5.73. The summed E-state index contributed by atoms with van der Waals surface area (Å²) in [7, 11) is 0. The minimum atomic E-state index is -0.387. The molecule has 1 aromatic rings. The Morgan fingerprint density at radius 2 is 1.84 bits per heavy atom. The third kappa shape index (κ3) is 3.66. The molecule has 1 fully saturated rings. The molecule has 0 amide bonds. The molecule has 0 N–H and O–H groups in total. The van der Waals surface area contributed by atoms with Gasteiger partial charge in [0.1, 0.15) is 6.10 Å². The summed E-state index contributed by atoms with van der Waals surface area (Å²) in [5.74, 6) is 0.105. The highest BCUT2D eigenvalue weighted by molar-refractivity contribution is 5.82. The lowest BCUT2D eigenvalue weighted by atomic mass is 9.96. The van der Waals surface area contributed by atoms with Gasteiger partial charge in [0.05, 0.1) is 6.10 Å². The van der Waals surface area contributed by atoms with Crippen LogP contribution in [0.15, 0.2) is 18.2 Å². The van der Waals surface area contributed by atoms with E-state index >= 15 is 0 Å². The molecule has 0 bridgehead atoms. The number of benzene rings is 1. The van der Waals surface area contributed by atoms with E-state index in [0.29, 0.717) is 0 Å². The van der Waals surface area contributed by atoms with Crippen molar-refractivity contribution in [2.24, 2.45) is 0 Å². The maximum Gasteiger partial charge on any atom is 0.163 e. The van der Waals surface area contributed by atoms with Gasteiger partial charge >= 0.3 is 0 Å². The van der Waals surface area contributed by atoms with Crippen LogP contribution in [0.5, 0.6) is 0 Å². The third-order valence-corrected chi connectivity index (χ3v) is 4.08. The zero-order valence-electron chi connectivity index (χ0n) is 12.2. The number of ketones is 1. The van der Waals surface area contributed by atoms with Crippen LogP contribution in [-0.4, -0.2) is 11.9 Å². The van der Waals surface area contributed by atoms with Crippen molar-refractivity contribution in [3.8, 4) is 0 Å². The minimum absolute atomic E-state index is 0.105. The van der Waals surface area contributed by atoms with E-state index in [-0.39, 0.29) is 18.0 Å². The Morgan fingerprint density at radius 3 is 2.42 bits per heavy atom. The predicted octanol–water partition coefficient (Wildman–Crippen LogP) is 4.28. The van der Waals surface area contributed by atoms with Crippen LogP contribution in [0.3, 0.4) is 0 Å². The molecular weight excluding hydrogens is 236 g/mol. The summed E-state index contributed by atoms with van der Waals surface area (Å²) in [5.41, 5.74) is 3.47. The number of rotatable bonds is 4. The van der Waals surface area contributed by atoms with E-state index in [9.17, 15) is 4.79 Å². The molecule has 1 aromatic carbocycles. The number of hydrogen-bond acceptors (Lipinski definition) is 2. The Kier molecular flexibility index (Phi) is 4.76. The molecule has 104 valence electrons. The predicted molar refractivity (Wildman–Crippen MR) is 77.3 cm³/mol. The molecule has 1 unspecified atom stereocenters. The van der Waals surface area contributed by atoms with Gasteiger partial charge < -0.3 is 4.74 Å². The van der Waals surface area contributed by atoms with Gasteiger partial charge in [-0.1, -0.05) is 37.5 Å². The van der Waals surface area contributed by atoms with Crippen LogP contribution < -0.4 is 0 Å². The number of aryl methyl sites for hydroxylation is 2. The van der Waals surface area contributed by atoms with Gasteiger partial charge in [0, 0.05) is 0 Å². The molecule has 0 spiro atoms. The Bertz CT molecular complexity index is 445. The largest absolute Gasteiger partial charge is 0.362 e. The van der Waals surface area contributed by atoms with Crippen LogP contribution in [0.1, 0.15) is 61.8 Å². The van der Waals surface area contributed by atoms with Gasteiger partial charge in [0.25, 0.3) is 0 Å². The highest BCUT2D eigenvalue weighted by Gasteiger charge is 2.23. The van der Waals surface area contributed by atoms with Crippen LogP contribution in [0.4, 0.5) is 0 Å². The first-order valence-electron chi connectivity index (χ1n) is 7.31. The van der Waals surface area contributed by atoms with Gasteiger partial charge in [-0.3, -0.25) is 4.79 Å². The molecular formula is C17H24O2. The lowest BCUT2D eigenvalue weighted by Crippen LogP contribution is -2.23. The summed E-state index contributed by atoms with van der Waals surface area (Å²) >= 11 is 0. The summed E-state index contributed by atoms with van der Waals surface area (Å²) in [6.45, 7) is 5.79. The summed E-state index contributed by atoms with van der Waals surface area (Å²) < 4.78 is 6.08. The SMILES string of the molecule is CC(=O)C(OC1CCCCC1)c1ccc(C)c(C)c1. The quantitative estimate of drug-likeness (QED) is 0.807. The zero-order chi connectivity index (χ0) is 13.8. The number of hydrogen-bond donors (Lipinski definition) is 0. The van der Waals surface area contributed by atoms with Gasteiger partial charge in [0.2, 0.25) is 0 Å². The maximum absolute atomic E-state index is 11.9. The zero-order valence-corrected chi connectivity index (χ0v) is 12.2. The standard InChI is InChI=1S/C17H24O2/c1-12-9-10-15(11-13(12)2)17(14(3)18)19-16-7-5-4-6-8-16/h9-11,16-17H,4-8H2,1-3H3. The molecule has 1 aliphatic carbocycles. The Morgan fingerprint density at radius 1 is 1.16 bits per heavy atom. The van der Waals surface area contributed by atoms with E-state index in [1.807, 2.05) is 6.07 Å². The van der Waals surface area contributed by atoms with Crippen molar-refractivity contribution < 1.29 is 9.53 Å². The van der Waals surface area contributed by atoms with E-state index < -0.39 is 0 Å². The van der Waals surface area contributed by atoms with E-state index in [1.54, 1.807) is 6.92 Å². The number of carbonyl (C=O) groups is 1. The van der Waals surface area contributed by atoms with Crippen molar-refractivity contribution >= 4 is 5.78 Å². The molecule has 0 radical (unpaired) electrons. The van der Waals surface area contributed by atoms with Crippen molar-refractivity contribution in [1.29, 1.82) is 0 Å². The Labute approximate surface area is 116 Å². The van der Waals surface area contributed by atoms with Gasteiger partial charge in [-0.05, 0) is 50.3 Å². The fraction of sp³-hybridized carbons (Fsp3) is 0.588. The molecule has 0 aliphatic heterocycles. The fourth-order valence-corrected chi connectivity index (χ4v) is 2.73. The van der Waals surface area contributed by atoms with Crippen LogP contribution in [0.2, 0.25) is 0 Å². The molecule has 0 aromatic heterocycles. The van der Waals surface area contributed by atoms with Crippen molar-refractivity contribution in [1.82, 2.24) is 0 Å². The summed E-state index contributed by atoms with van der Waals surface area (Å²) in [4.78, 5) is 11.9. The summed E-state index contributed by atoms with van der Waals surface area (Å²) in [5, 5.41) is 0. The lowest BCUT2D eigenvalue weighted by molar-refractivity contribution is -0.134. The normalized spacial score (nSPS) is 18.3. The number of ether oxygens (including phenoxy) is 1. The monoisotopic (exact) mass is 260 g/mol. The van der Waals surface area contributed by atoms with Crippen molar-refractivity contribution in [3.05, 3.63) is 34.9 Å². The summed E-state index contributed by atoms with van der Waals surface area (Å²) in [6, 6.07) is 6.19. The van der Waals surface area contributed by atoms with E-state index in [1.165, 1.54) is 30.4 Å². The van der Waals surface area contributed by atoms with Crippen LogP contribution >= 0.6 is 0 Å². The third-order valence-electron chi connectivity index (χ3n) is 4.08. The number of Topliss-reactive ketones (excluding diaryl/α,β-unsaturated/α-hetero) is 1. The molecule has 2 nitrogen and oxygen atoms in total. The average Bonchev–Trinajstić information content (AvgIpc) is 2.40. The van der Waals surface area contributed by atoms with Gasteiger partial charge in [-0.2, -0.15) is 0 Å². The van der Waals surface area contributed by atoms with E-state index in [2.05, 4.69) is 26.0 Å². The first-order valence-corrected chi connectivity index (χ1v) is 7.31. The number of carbonyl (C=O) groups excluding carboxylic acids is 1. The van der Waals surface area contributed by atoms with Crippen LogP contribution in [0, 0.1) is 13.8 Å². The maximum atomic E-state index is 11.9. The molecule has 2 heteroatoms.